The van der Waals surface area contributed by atoms with Crippen molar-refractivity contribution in [1.82, 2.24) is 9.36 Å². The van der Waals surface area contributed by atoms with Gasteiger partial charge in [0.05, 0.1) is 9.40 Å². The molecule has 0 spiro atoms. The maximum atomic E-state index is 10.7. The number of hydrogen-bond donors (Lipinski definition) is 0. The first-order valence-corrected chi connectivity index (χ1v) is 7.30. The summed E-state index contributed by atoms with van der Waals surface area (Å²) >= 11 is 4.40. The van der Waals surface area contributed by atoms with Gasteiger partial charge in [-0.3, -0.25) is 10.1 Å². The van der Waals surface area contributed by atoms with Crippen LogP contribution < -0.4 is 4.74 Å². The summed E-state index contributed by atoms with van der Waals surface area (Å²) in [7, 11) is 0. The molecule has 0 atom stereocenters. The summed E-state index contributed by atoms with van der Waals surface area (Å²) in [6, 6.07) is 4.30. The minimum absolute atomic E-state index is 0.00290. The Morgan fingerprint density at radius 2 is 2.10 bits per heavy atom. The number of ether oxygens (including phenoxy) is 1. The fraction of sp³-hybridized carbons (Fsp3) is 0.333. The molecule has 0 amide bonds. The van der Waals surface area contributed by atoms with E-state index in [1.165, 1.54) is 18.2 Å². The first kappa shape index (κ1) is 14.9. The highest BCUT2D eigenvalue weighted by atomic mass is 79.9. The Morgan fingerprint density at radius 3 is 2.60 bits per heavy atom. The van der Waals surface area contributed by atoms with Crippen LogP contribution in [-0.4, -0.2) is 14.3 Å². The lowest BCUT2D eigenvalue weighted by atomic mass is 9.96. The molecular formula is C12H12BrN3O3S. The van der Waals surface area contributed by atoms with Crippen LogP contribution >= 0.6 is 27.5 Å². The molecule has 2 rings (SSSR count). The van der Waals surface area contributed by atoms with Crippen LogP contribution in [0.5, 0.6) is 10.9 Å². The Hall–Kier alpha value is -1.54. The number of nitrogens with zero attached hydrogens (tertiary/aromatic N) is 3. The first-order chi connectivity index (χ1) is 9.27. The number of hydrogen-bond acceptors (Lipinski definition) is 6. The van der Waals surface area contributed by atoms with Gasteiger partial charge in [0.2, 0.25) is 0 Å². The van der Waals surface area contributed by atoms with Gasteiger partial charge < -0.3 is 4.74 Å². The quantitative estimate of drug-likeness (QED) is 0.604. The Balaban J connectivity index is 2.22. The third-order valence-electron chi connectivity index (χ3n) is 2.40. The fourth-order valence-corrected chi connectivity index (χ4v) is 2.52. The number of nitro benzene ring substituents is 1. The second-order valence-corrected chi connectivity index (χ2v) is 6.68. The monoisotopic (exact) mass is 357 g/mol. The molecule has 0 aliphatic heterocycles. The van der Waals surface area contributed by atoms with E-state index in [1.54, 1.807) is 0 Å². The van der Waals surface area contributed by atoms with Crippen molar-refractivity contribution in [3.8, 4) is 10.9 Å². The van der Waals surface area contributed by atoms with E-state index in [-0.39, 0.29) is 11.1 Å². The number of rotatable bonds is 3. The van der Waals surface area contributed by atoms with Gasteiger partial charge in [-0.05, 0) is 22.0 Å². The summed E-state index contributed by atoms with van der Waals surface area (Å²) in [5.41, 5.74) is -0.151. The molecule has 0 N–H and O–H groups in total. The predicted octanol–water partition coefficient (Wildman–Crippen LogP) is 4.30. The molecule has 0 fully saturated rings. The van der Waals surface area contributed by atoms with Gasteiger partial charge in [0.1, 0.15) is 5.75 Å². The smallest absolute Gasteiger partial charge is 0.298 e. The number of nitro groups is 1. The Labute approximate surface area is 128 Å². The van der Waals surface area contributed by atoms with E-state index < -0.39 is 4.92 Å². The van der Waals surface area contributed by atoms with Crippen LogP contribution in [-0.2, 0) is 5.41 Å². The van der Waals surface area contributed by atoms with Gasteiger partial charge in [-0.25, -0.2) is 0 Å². The third-order valence-corrected chi connectivity index (χ3v) is 3.62. The number of benzene rings is 1. The van der Waals surface area contributed by atoms with E-state index in [4.69, 9.17) is 4.74 Å². The Kier molecular flexibility index (Phi) is 4.05. The molecule has 1 aromatic carbocycles. The average molecular weight is 358 g/mol. The number of aromatic nitrogens is 2. The van der Waals surface area contributed by atoms with Gasteiger partial charge in [0, 0.05) is 29.1 Å². The molecular weight excluding hydrogens is 346 g/mol. The van der Waals surface area contributed by atoms with Crippen molar-refractivity contribution in [2.45, 2.75) is 26.2 Å². The molecule has 2 aromatic rings. The summed E-state index contributed by atoms with van der Waals surface area (Å²) in [6.07, 6.45) is 0. The van der Waals surface area contributed by atoms with Crippen LogP contribution in [0.4, 0.5) is 5.69 Å². The first-order valence-electron chi connectivity index (χ1n) is 5.73. The van der Waals surface area contributed by atoms with Crippen molar-refractivity contribution in [2.24, 2.45) is 0 Å². The topological polar surface area (TPSA) is 78.2 Å². The number of halogens is 1. The summed E-state index contributed by atoms with van der Waals surface area (Å²) in [5.74, 6) is 1.17. The lowest BCUT2D eigenvalue weighted by molar-refractivity contribution is -0.384. The Morgan fingerprint density at radius 1 is 1.40 bits per heavy atom. The summed E-state index contributed by atoms with van der Waals surface area (Å²) < 4.78 is 10.3. The average Bonchev–Trinajstić information content (AvgIpc) is 2.80. The van der Waals surface area contributed by atoms with Crippen molar-refractivity contribution in [1.29, 1.82) is 0 Å². The molecule has 1 heterocycles. The summed E-state index contributed by atoms with van der Waals surface area (Å²) in [4.78, 5) is 14.5. The van der Waals surface area contributed by atoms with E-state index in [1.807, 2.05) is 20.8 Å². The van der Waals surface area contributed by atoms with E-state index in [9.17, 15) is 10.1 Å². The molecule has 0 saturated heterocycles. The largest absolute Gasteiger partial charge is 0.429 e. The van der Waals surface area contributed by atoms with Gasteiger partial charge in [-0.1, -0.05) is 20.8 Å². The third kappa shape index (κ3) is 3.31. The summed E-state index contributed by atoms with van der Waals surface area (Å²) in [5, 5.41) is 11.1. The van der Waals surface area contributed by atoms with Crippen molar-refractivity contribution in [2.75, 3.05) is 0 Å². The SMILES string of the molecule is CC(C)(C)c1nsc(Oc2ccc([N+](=O)[O-])cc2Br)n1. The molecule has 0 radical (unpaired) electrons. The minimum atomic E-state index is -0.461. The summed E-state index contributed by atoms with van der Waals surface area (Å²) in [6.45, 7) is 6.04. The molecule has 106 valence electrons. The fourth-order valence-electron chi connectivity index (χ4n) is 1.34. The second kappa shape index (κ2) is 5.45. The Bertz CT molecular complexity index is 652. The van der Waals surface area contributed by atoms with Crippen LogP contribution in [0.3, 0.4) is 0 Å². The lowest BCUT2D eigenvalue weighted by Gasteiger charge is -2.12. The van der Waals surface area contributed by atoms with Gasteiger partial charge in [-0.15, -0.1) is 0 Å². The maximum absolute atomic E-state index is 10.7. The molecule has 8 heteroatoms. The van der Waals surface area contributed by atoms with Crippen molar-refractivity contribution in [3.05, 3.63) is 38.6 Å². The highest BCUT2D eigenvalue weighted by Gasteiger charge is 2.21. The van der Waals surface area contributed by atoms with Crippen LogP contribution in [0.15, 0.2) is 22.7 Å². The van der Waals surface area contributed by atoms with Crippen LogP contribution in [0.2, 0.25) is 0 Å². The zero-order valence-electron chi connectivity index (χ0n) is 11.1. The van der Waals surface area contributed by atoms with E-state index in [0.29, 0.717) is 21.2 Å². The zero-order valence-corrected chi connectivity index (χ0v) is 13.5. The zero-order chi connectivity index (χ0) is 14.9. The second-order valence-electron chi connectivity index (χ2n) is 5.11. The highest BCUT2D eigenvalue weighted by molar-refractivity contribution is 9.10. The molecule has 20 heavy (non-hydrogen) atoms. The minimum Gasteiger partial charge on any atom is -0.429 e. The van der Waals surface area contributed by atoms with Crippen LogP contribution in [0.25, 0.3) is 0 Å². The van der Waals surface area contributed by atoms with Crippen molar-refractivity contribution in [3.63, 3.8) is 0 Å². The molecule has 0 bridgehead atoms. The highest BCUT2D eigenvalue weighted by Crippen LogP contribution is 2.34. The van der Waals surface area contributed by atoms with E-state index in [2.05, 4.69) is 25.3 Å². The normalized spacial score (nSPS) is 11.4. The standard InChI is InChI=1S/C12H12BrN3O3S/c1-12(2,3)10-14-11(20-15-10)19-9-5-4-7(16(17)18)6-8(9)13/h4-6H,1-3H3. The maximum Gasteiger partial charge on any atom is 0.298 e. The van der Waals surface area contributed by atoms with E-state index in [0.717, 1.165) is 11.5 Å². The molecule has 0 aliphatic carbocycles. The van der Waals surface area contributed by atoms with E-state index >= 15 is 0 Å². The van der Waals surface area contributed by atoms with Gasteiger partial charge in [0.15, 0.2) is 5.82 Å². The lowest BCUT2D eigenvalue weighted by Crippen LogP contribution is -2.12. The molecule has 0 aliphatic rings. The van der Waals surface area contributed by atoms with Crippen LogP contribution in [0, 0.1) is 10.1 Å². The predicted molar refractivity (Wildman–Crippen MR) is 79.5 cm³/mol. The van der Waals surface area contributed by atoms with Gasteiger partial charge in [-0.2, -0.15) is 9.36 Å². The molecule has 1 aromatic heterocycles. The van der Waals surface area contributed by atoms with Crippen LogP contribution in [0.1, 0.15) is 26.6 Å². The van der Waals surface area contributed by atoms with Crippen molar-refractivity contribution < 1.29 is 9.66 Å². The number of non-ortho nitro benzene ring substituents is 1. The molecule has 0 unspecified atom stereocenters. The molecule has 6 nitrogen and oxygen atoms in total. The van der Waals surface area contributed by atoms with Gasteiger partial charge >= 0.3 is 0 Å². The van der Waals surface area contributed by atoms with Crippen molar-refractivity contribution >= 4 is 33.1 Å². The molecule has 0 saturated carbocycles. The van der Waals surface area contributed by atoms with Gasteiger partial charge in [0.25, 0.3) is 10.9 Å².